The third-order valence-corrected chi connectivity index (χ3v) is 6.16. The van der Waals surface area contributed by atoms with Gasteiger partial charge in [-0.25, -0.2) is 0 Å². The van der Waals surface area contributed by atoms with Gasteiger partial charge in [0.05, 0.1) is 36.5 Å². The third-order valence-electron chi connectivity index (χ3n) is 5.01. The van der Waals surface area contributed by atoms with E-state index >= 15 is 0 Å². The molecule has 1 aromatic carbocycles. The molecule has 0 amide bonds. The maximum Gasteiger partial charge on any atom is 0.305 e. The van der Waals surface area contributed by atoms with E-state index in [1.54, 1.807) is 18.9 Å². The number of thioether (sulfide) groups is 1. The van der Waals surface area contributed by atoms with Crippen LogP contribution in [0.2, 0.25) is 0 Å². The summed E-state index contributed by atoms with van der Waals surface area (Å²) < 4.78 is 5.47. The first-order valence-electron chi connectivity index (χ1n) is 9.02. The first-order valence-corrected chi connectivity index (χ1v) is 10.0. The summed E-state index contributed by atoms with van der Waals surface area (Å²) in [6, 6.07) is 6.49. The number of hydrogen-bond acceptors (Lipinski definition) is 5. The molecular weight excluding hydrogens is 350 g/mol. The van der Waals surface area contributed by atoms with Crippen LogP contribution in [0.25, 0.3) is 10.9 Å². The largest absolute Gasteiger partial charge is 0.497 e. The molecule has 1 aromatic heterocycles. The van der Waals surface area contributed by atoms with Crippen molar-refractivity contribution in [1.82, 2.24) is 4.98 Å². The number of anilines is 1. The van der Waals surface area contributed by atoms with Gasteiger partial charge in [-0.1, -0.05) is 12.8 Å². The van der Waals surface area contributed by atoms with Gasteiger partial charge in [-0.15, -0.1) is 11.8 Å². The van der Waals surface area contributed by atoms with Crippen molar-refractivity contribution in [3.63, 3.8) is 0 Å². The van der Waals surface area contributed by atoms with E-state index < -0.39 is 5.97 Å². The number of aromatic nitrogens is 1. The fourth-order valence-electron chi connectivity index (χ4n) is 3.72. The van der Waals surface area contributed by atoms with E-state index in [4.69, 9.17) is 9.84 Å². The van der Waals surface area contributed by atoms with Gasteiger partial charge in [0, 0.05) is 23.2 Å². The summed E-state index contributed by atoms with van der Waals surface area (Å²) in [5, 5.41) is 14.6. The van der Waals surface area contributed by atoms with Crippen molar-refractivity contribution in [3.05, 3.63) is 23.9 Å². The number of aliphatic imine (C=N–C) groups is 1. The van der Waals surface area contributed by atoms with Crippen LogP contribution in [0.3, 0.4) is 0 Å². The maximum atomic E-state index is 10.9. The number of aliphatic carboxylic acids is 1. The van der Waals surface area contributed by atoms with Crippen molar-refractivity contribution >= 4 is 39.4 Å². The number of ether oxygens (including phenoxy) is 1. The van der Waals surface area contributed by atoms with Gasteiger partial charge in [0.25, 0.3) is 0 Å². The van der Waals surface area contributed by atoms with Gasteiger partial charge >= 0.3 is 5.97 Å². The molecule has 0 unspecified atom stereocenters. The molecule has 7 heteroatoms. The summed E-state index contributed by atoms with van der Waals surface area (Å²) in [5.41, 5.74) is 3.06. The van der Waals surface area contributed by atoms with E-state index in [1.807, 2.05) is 12.1 Å². The molecule has 1 aliphatic carbocycles. The number of methoxy groups -OCH3 is 1. The Hall–Kier alpha value is -2.15. The lowest BCUT2D eigenvalue weighted by Gasteiger charge is -2.15. The first kappa shape index (κ1) is 17.3. The van der Waals surface area contributed by atoms with E-state index in [-0.39, 0.29) is 12.5 Å². The second kappa shape index (κ2) is 7.23. The van der Waals surface area contributed by atoms with Crippen LogP contribution in [-0.4, -0.2) is 46.0 Å². The van der Waals surface area contributed by atoms with Gasteiger partial charge < -0.3 is 20.1 Å². The van der Waals surface area contributed by atoms with Crippen molar-refractivity contribution in [1.29, 1.82) is 0 Å². The lowest BCUT2D eigenvalue weighted by atomic mass is 10.1. The molecule has 1 fully saturated rings. The number of nitrogens with zero attached hydrogens (tertiary/aromatic N) is 1. The van der Waals surface area contributed by atoms with Crippen LogP contribution in [-0.2, 0) is 4.79 Å². The number of benzene rings is 1. The van der Waals surface area contributed by atoms with Crippen molar-refractivity contribution in [2.75, 3.05) is 18.2 Å². The van der Waals surface area contributed by atoms with Gasteiger partial charge in [-0.3, -0.25) is 9.79 Å². The fraction of sp³-hybridized carbons (Fsp3) is 0.474. The van der Waals surface area contributed by atoms with E-state index in [2.05, 4.69) is 21.4 Å². The van der Waals surface area contributed by atoms with Crippen molar-refractivity contribution in [2.45, 2.75) is 44.2 Å². The van der Waals surface area contributed by atoms with Gasteiger partial charge in [0.2, 0.25) is 0 Å². The zero-order valence-corrected chi connectivity index (χ0v) is 15.6. The molecule has 1 aliphatic heterocycles. The summed E-state index contributed by atoms with van der Waals surface area (Å²) >= 11 is 1.61. The van der Waals surface area contributed by atoms with Gasteiger partial charge in [0.1, 0.15) is 10.8 Å². The number of carbonyl (C=O) groups is 1. The topological polar surface area (TPSA) is 86.7 Å². The normalized spacial score (nSPS) is 20.5. The average Bonchev–Trinajstić information content (AvgIpc) is 3.33. The summed E-state index contributed by atoms with van der Waals surface area (Å²) in [4.78, 5) is 19.0. The Balaban J connectivity index is 1.66. The van der Waals surface area contributed by atoms with Crippen LogP contribution in [0.15, 0.2) is 23.2 Å². The zero-order valence-electron chi connectivity index (χ0n) is 14.7. The van der Waals surface area contributed by atoms with Crippen LogP contribution in [0, 0.1) is 0 Å². The highest BCUT2D eigenvalue weighted by Crippen LogP contribution is 2.34. The molecule has 0 bridgehead atoms. The number of hydrogen-bond donors (Lipinski definition) is 3. The summed E-state index contributed by atoms with van der Waals surface area (Å²) in [6.45, 7) is 0. The number of carboxylic acids is 1. The highest BCUT2D eigenvalue weighted by Gasteiger charge is 2.24. The smallest absolute Gasteiger partial charge is 0.305 e. The molecule has 0 saturated heterocycles. The lowest BCUT2D eigenvalue weighted by Crippen LogP contribution is -2.14. The van der Waals surface area contributed by atoms with E-state index in [0.717, 1.165) is 33.1 Å². The summed E-state index contributed by atoms with van der Waals surface area (Å²) in [5.74, 6) is 0.742. The second-order valence-electron chi connectivity index (χ2n) is 6.94. The highest BCUT2D eigenvalue weighted by molar-refractivity contribution is 8.14. The number of H-pyrrole nitrogens is 1. The monoisotopic (exact) mass is 373 g/mol. The molecule has 1 atom stereocenters. The number of rotatable bonds is 6. The molecule has 0 radical (unpaired) electrons. The van der Waals surface area contributed by atoms with Gasteiger partial charge in [0.15, 0.2) is 0 Å². The molecular formula is C19H23N3O3S. The molecule has 6 nitrogen and oxygen atoms in total. The number of nitrogens with one attached hydrogen (secondary N) is 2. The Morgan fingerprint density at radius 1 is 1.38 bits per heavy atom. The Labute approximate surface area is 156 Å². The Kier molecular flexibility index (Phi) is 4.80. The van der Waals surface area contributed by atoms with Crippen molar-refractivity contribution in [3.8, 4) is 5.75 Å². The standard InChI is InChI=1S/C19H23N3O3S/c1-25-14-6-11-7-16(19-21-13(10-26-19)8-17(23)24)22-18(11)15(9-14)20-12-4-2-3-5-12/h6-7,9,12-13,20,22H,2-5,8,10H2,1H3,(H,23,24)/t13-/m1/s1. The highest BCUT2D eigenvalue weighted by atomic mass is 32.2. The van der Waals surface area contributed by atoms with Crippen LogP contribution in [0.1, 0.15) is 37.8 Å². The maximum absolute atomic E-state index is 10.9. The minimum Gasteiger partial charge on any atom is -0.497 e. The molecule has 138 valence electrons. The molecule has 4 rings (SSSR count). The number of fused-ring (bicyclic) bond motifs is 1. The van der Waals surface area contributed by atoms with Crippen molar-refractivity contribution in [2.24, 2.45) is 4.99 Å². The van der Waals surface area contributed by atoms with Gasteiger partial charge in [-0.05, 0) is 25.0 Å². The van der Waals surface area contributed by atoms with Crippen LogP contribution in [0.5, 0.6) is 5.75 Å². The third kappa shape index (κ3) is 3.53. The predicted octanol–water partition coefficient (Wildman–Crippen LogP) is 3.87. The Morgan fingerprint density at radius 3 is 2.92 bits per heavy atom. The summed E-state index contributed by atoms with van der Waals surface area (Å²) in [6.07, 6.45) is 5.04. The predicted molar refractivity (Wildman–Crippen MR) is 106 cm³/mol. The van der Waals surface area contributed by atoms with Gasteiger partial charge in [-0.2, -0.15) is 0 Å². The fourth-order valence-corrected chi connectivity index (χ4v) is 4.75. The average molecular weight is 373 g/mol. The van der Waals surface area contributed by atoms with Crippen LogP contribution >= 0.6 is 11.8 Å². The molecule has 0 spiro atoms. The van der Waals surface area contributed by atoms with E-state index in [0.29, 0.717) is 11.8 Å². The molecule has 2 aromatic rings. The number of carboxylic acid groups (broad SMARTS) is 1. The number of aromatic amines is 1. The quantitative estimate of drug-likeness (QED) is 0.716. The van der Waals surface area contributed by atoms with Crippen LogP contribution in [0.4, 0.5) is 5.69 Å². The van der Waals surface area contributed by atoms with Crippen LogP contribution < -0.4 is 10.1 Å². The summed E-state index contributed by atoms with van der Waals surface area (Å²) in [7, 11) is 1.68. The first-order chi connectivity index (χ1) is 12.6. The SMILES string of the molecule is COc1cc(NC2CCCC2)c2[nH]c(C3=N[C@H](CC(=O)O)CS3)cc2c1. The molecule has 3 N–H and O–H groups in total. The lowest BCUT2D eigenvalue weighted by molar-refractivity contribution is -0.137. The molecule has 2 heterocycles. The Morgan fingerprint density at radius 2 is 2.19 bits per heavy atom. The minimum absolute atomic E-state index is 0.0824. The molecule has 26 heavy (non-hydrogen) atoms. The minimum atomic E-state index is -0.801. The van der Waals surface area contributed by atoms with Crippen molar-refractivity contribution < 1.29 is 14.6 Å². The van der Waals surface area contributed by atoms with E-state index in [9.17, 15) is 4.79 Å². The van der Waals surface area contributed by atoms with E-state index in [1.165, 1.54) is 25.7 Å². The Bertz CT molecular complexity index is 855. The molecule has 1 saturated carbocycles. The zero-order chi connectivity index (χ0) is 18.1. The second-order valence-corrected chi connectivity index (χ2v) is 7.95. The molecule has 2 aliphatic rings.